The Morgan fingerprint density at radius 1 is 1.06 bits per heavy atom. The molecule has 1 aromatic rings. The van der Waals surface area contributed by atoms with E-state index in [0.717, 1.165) is 25.2 Å². The van der Waals surface area contributed by atoms with E-state index in [9.17, 15) is 0 Å². The normalized spacial score (nSPS) is 12.2. The fourth-order valence-corrected chi connectivity index (χ4v) is 1.75. The molecule has 0 saturated carbocycles. The maximum atomic E-state index is 5.71. The monoisotopic (exact) mass is 249 g/mol. The van der Waals surface area contributed by atoms with Crippen LogP contribution in [-0.4, -0.2) is 12.6 Å². The Morgan fingerprint density at radius 2 is 1.78 bits per heavy atom. The Bertz CT molecular complexity index is 307. The van der Waals surface area contributed by atoms with Crippen LogP contribution in [0.1, 0.15) is 52.9 Å². The molecule has 0 aliphatic carbocycles. The Balaban J connectivity index is 2.27. The highest BCUT2D eigenvalue weighted by atomic mass is 16.5. The molecular formula is C16H27NO. The van der Waals surface area contributed by atoms with Crippen LogP contribution in [0.25, 0.3) is 0 Å². The van der Waals surface area contributed by atoms with Crippen LogP contribution in [0.3, 0.4) is 0 Å². The molecular weight excluding hydrogens is 222 g/mol. The van der Waals surface area contributed by atoms with Gasteiger partial charge in [0.1, 0.15) is 5.75 Å². The standard InChI is InChI=1S/C16H27NO/c1-4-6-7-8-13-18-16-11-9-15(10-12-16)17-14(3)5-2/h9-12,14,17H,4-8,13H2,1-3H3. The molecule has 0 heterocycles. The van der Waals surface area contributed by atoms with Crippen molar-refractivity contribution in [1.29, 1.82) is 0 Å². The average Bonchev–Trinajstić information content (AvgIpc) is 2.40. The minimum absolute atomic E-state index is 0.519. The van der Waals surface area contributed by atoms with Gasteiger partial charge in [0.25, 0.3) is 0 Å². The van der Waals surface area contributed by atoms with Crippen LogP contribution in [0.15, 0.2) is 24.3 Å². The Kier molecular flexibility index (Phi) is 7.31. The summed E-state index contributed by atoms with van der Waals surface area (Å²) >= 11 is 0. The third-order valence-electron chi connectivity index (χ3n) is 3.15. The van der Waals surface area contributed by atoms with Gasteiger partial charge in [0.05, 0.1) is 6.61 Å². The predicted octanol–water partition coefficient (Wildman–Crippen LogP) is 4.86. The number of nitrogens with one attached hydrogen (secondary N) is 1. The average molecular weight is 249 g/mol. The minimum atomic E-state index is 0.519. The van der Waals surface area contributed by atoms with Gasteiger partial charge >= 0.3 is 0 Å². The van der Waals surface area contributed by atoms with E-state index in [1.807, 2.05) is 12.1 Å². The van der Waals surface area contributed by atoms with Crippen molar-refractivity contribution in [3.63, 3.8) is 0 Å². The zero-order valence-electron chi connectivity index (χ0n) is 12.0. The summed E-state index contributed by atoms with van der Waals surface area (Å²) in [4.78, 5) is 0. The van der Waals surface area contributed by atoms with Crippen LogP contribution in [-0.2, 0) is 0 Å². The lowest BCUT2D eigenvalue weighted by atomic mass is 10.2. The largest absolute Gasteiger partial charge is 0.494 e. The van der Waals surface area contributed by atoms with Gasteiger partial charge in [0.15, 0.2) is 0 Å². The Labute approximate surface area is 112 Å². The van der Waals surface area contributed by atoms with Gasteiger partial charge in [-0.25, -0.2) is 0 Å². The van der Waals surface area contributed by atoms with Crippen LogP contribution >= 0.6 is 0 Å². The third kappa shape index (κ3) is 5.95. The Hall–Kier alpha value is -1.18. The molecule has 1 aromatic carbocycles. The first-order chi connectivity index (χ1) is 8.76. The van der Waals surface area contributed by atoms with Gasteiger partial charge in [-0.1, -0.05) is 33.1 Å². The number of anilines is 1. The van der Waals surface area contributed by atoms with Crippen molar-refractivity contribution in [3.05, 3.63) is 24.3 Å². The topological polar surface area (TPSA) is 21.3 Å². The lowest BCUT2D eigenvalue weighted by Crippen LogP contribution is -2.13. The summed E-state index contributed by atoms with van der Waals surface area (Å²) in [5, 5.41) is 3.45. The van der Waals surface area contributed by atoms with E-state index < -0.39 is 0 Å². The summed E-state index contributed by atoms with van der Waals surface area (Å²) < 4.78 is 5.71. The number of unbranched alkanes of at least 4 members (excludes halogenated alkanes) is 3. The van der Waals surface area contributed by atoms with Gasteiger partial charge < -0.3 is 10.1 Å². The first-order valence-corrected chi connectivity index (χ1v) is 7.25. The number of benzene rings is 1. The molecule has 0 amide bonds. The van der Waals surface area contributed by atoms with E-state index in [4.69, 9.17) is 4.74 Å². The van der Waals surface area contributed by atoms with Gasteiger partial charge in [0, 0.05) is 11.7 Å². The highest BCUT2D eigenvalue weighted by Gasteiger charge is 1.99. The van der Waals surface area contributed by atoms with Gasteiger partial charge in [-0.3, -0.25) is 0 Å². The SMILES string of the molecule is CCCCCCOc1ccc(NC(C)CC)cc1. The van der Waals surface area contributed by atoms with E-state index in [-0.39, 0.29) is 0 Å². The number of hydrogen-bond donors (Lipinski definition) is 1. The fraction of sp³-hybridized carbons (Fsp3) is 0.625. The molecule has 0 fully saturated rings. The molecule has 2 nitrogen and oxygen atoms in total. The maximum absolute atomic E-state index is 5.71. The third-order valence-corrected chi connectivity index (χ3v) is 3.15. The summed E-state index contributed by atoms with van der Waals surface area (Å²) in [6.45, 7) is 7.44. The lowest BCUT2D eigenvalue weighted by Gasteiger charge is -2.13. The van der Waals surface area contributed by atoms with E-state index >= 15 is 0 Å². The van der Waals surface area contributed by atoms with Crippen molar-refractivity contribution in [2.75, 3.05) is 11.9 Å². The molecule has 1 rings (SSSR count). The van der Waals surface area contributed by atoms with Crippen LogP contribution < -0.4 is 10.1 Å². The number of rotatable bonds is 9. The van der Waals surface area contributed by atoms with Crippen molar-refractivity contribution in [3.8, 4) is 5.75 Å². The Morgan fingerprint density at radius 3 is 2.39 bits per heavy atom. The molecule has 0 aliphatic heterocycles. The van der Waals surface area contributed by atoms with Gasteiger partial charge in [-0.2, -0.15) is 0 Å². The summed E-state index contributed by atoms with van der Waals surface area (Å²) in [5.41, 5.74) is 1.17. The van der Waals surface area contributed by atoms with Crippen molar-refractivity contribution in [2.45, 2.75) is 58.9 Å². The highest BCUT2D eigenvalue weighted by Crippen LogP contribution is 2.17. The second-order valence-electron chi connectivity index (χ2n) is 4.89. The summed E-state index contributed by atoms with van der Waals surface area (Å²) in [7, 11) is 0. The molecule has 18 heavy (non-hydrogen) atoms. The minimum Gasteiger partial charge on any atom is -0.494 e. The van der Waals surface area contributed by atoms with Crippen LogP contribution in [0, 0.1) is 0 Å². The second kappa shape index (κ2) is 8.84. The first kappa shape index (κ1) is 14.9. The van der Waals surface area contributed by atoms with Crippen molar-refractivity contribution < 1.29 is 4.74 Å². The van der Waals surface area contributed by atoms with Gasteiger partial charge in [-0.15, -0.1) is 0 Å². The van der Waals surface area contributed by atoms with E-state index in [0.29, 0.717) is 6.04 Å². The predicted molar refractivity (Wildman–Crippen MR) is 79.5 cm³/mol. The molecule has 0 aromatic heterocycles. The molecule has 0 bridgehead atoms. The van der Waals surface area contributed by atoms with Crippen LogP contribution in [0.5, 0.6) is 5.75 Å². The van der Waals surface area contributed by atoms with E-state index in [1.165, 1.54) is 24.9 Å². The van der Waals surface area contributed by atoms with Crippen molar-refractivity contribution in [1.82, 2.24) is 0 Å². The molecule has 0 saturated heterocycles. The zero-order chi connectivity index (χ0) is 13.2. The summed E-state index contributed by atoms with van der Waals surface area (Å²) in [6.07, 6.45) is 6.14. The molecule has 2 heteroatoms. The number of ether oxygens (including phenoxy) is 1. The molecule has 1 unspecified atom stereocenters. The fourth-order valence-electron chi connectivity index (χ4n) is 1.75. The maximum Gasteiger partial charge on any atom is 0.119 e. The van der Waals surface area contributed by atoms with Gasteiger partial charge in [-0.05, 0) is 44.0 Å². The van der Waals surface area contributed by atoms with Crippen LogP contribution in [0.2, 0.25) is 0 Å². The molecule has 0 aliphatic rings. The smallest absolute Gasteiger partial charge is 0.119 e. The molecule has 0 radical (unpaired) electrons. The first-order valence-electron chi connectivity index (χ1n) is 7.25. The van der Waals surface area contributed by atoms with Gasteiger partial charge in [0.2, 0.25) is 0 Å². The molecule has 1 N–H and O–H groups in total. The quantitative estimate of drug-likeness (QED) is 0.631. The summed E-state index contributed by atoms with van der Waals surface area (Å²) in [5.74, 6) is 0.973. The summed E-state index contributed by atoms with van der Waals surface area (Å²) in [6, 6.07) is 8.79. The highest BCUT2D eigenvalue weighted by molar-refractivity contribution is 5.46. The van der Waals surface area contributed by atoms with Crippen LogP contribution in [0.4, 0.5) is 5.69 Å². The molecule has 1 atom stereocenters. The molecule has 102 valence electrons. The van der Waals surface area contributed by atoms with E-state index in [1.54, 1.807) is 0 Å². The zero-order valence-corrected chi connectivity index (χ0v) is 12.0. The van der Waals surface area contributed by atoms with Crippen molar-refractivity contribution >= 4 is 5.69 Å². The van der Waals surface area contributed by atoms with E-state index in [2.05, 4.69) is 38.2 Å². The second-order valence-corrected chi connectivity index (χ2v) is 4.89. The number of hydrogen-bond acceptors (Lipinski definition) is 2. The lowest BCUT2D eigenvalue weighted by molar-refractivity contribution is 0.305. The molecule has 0 spiro atoms. The van der Waals surface area contributed by atoms with Crippen molar-refractivity contribution in [2.24, 2.45) is 0 Å².